The number of anilines is 2. The minimum absolute atomic E-state index is 0. The van der Waals surface area contributed by atoms with Crippen molar-refractivity contribution in [1.82, 2.24) is 0 Å². The number of hydrogen-bond acceptors (Lipinski definition) is 4. The fourth-order valence-corrected chi connectivity index (χ4v) is 3.70. The predicted molar refractivity (Wildman–Crippen MR) is 118 cm³/mol. The standard InChI is InChI=1S/C21H25N3O2.2ClH/c22-21(10-13-26-14-11-21)20(25)23-18-7-5-16(6-8-18)15-24-12-9-17-3-1-2-4-19(17)24;;/h1-8H,9-15,22H2,(H,23,25);2*1H. The maximum absolute atomic E-state index is 12.5. The number of ether oxygens (including phenoxy) is 1. The second-order valence-corrected chi connectivity index (χ2v) is 7.22. The number of nitrogens with one attached hydrogen (secondary N) is 1. The molecule has 1 fully saturated rings. The molecule has 0 aliphatic carbocycles. The Morgan fingerprint density at radius 1 is 1.07 bits per heavy atom. The maximum atomic E-state index is 12.5. The number of nitrogens with zero attached hydrogens (tertiary/aromatic N) is 1. The van der Waals surface area contributed by atoms with Crippen molar-refractivity contribution in [3.05, 3.63) is 59.7 Å². The quantitative estimate of drug-likeness (QED) is 0.788. The number of hydrogen-bond donors (Lipinski definition) is 2. The zero-order valence-corrected chi connectivity index (χ0v) is 17.4. The average molecular weight is 424 g/mol. The van der Waals surface area contributed by atoms with E-state index in [9.17, 15) is 4.79 Å². The van der Waals surface area contributed by atoms with Gasteiger partial charge in [-0.1, -0.05) is 30.3 Å². The Hall–Kier alpha value is -1.79. The maximum Gasteiger partial charge on any atom is 0.244 e. The number of benzene rings is 2. The highest BCUT2D eigenvalue weighted by Gasteiger charge is 2.35. The molecule has 0 spiro atoms. The molecule has 152 valence electrons. The molecule has 7 heteroatoms. The number of fused-ring (bicyclic) bond motifs is 1. The first-order valence-corrected chi connectivity index (χ1v) is 9.24. The van der Waals surface area contributed by atoms with Gasteiger partial charge in [-0.25, -0.2) is 0 Å². The second kappa shape index (κ2) is 9.61. The SMILES string of the molecule is Cl.Cl.NC1(C(=O)Nc2ccc(CN3CCc4ccccc43)cc2)CCOCC1. The van der Waals surface area contributed by atoms with Crippen LogP contribution >= 0.6 is 24.8 Å². The topological polar surface area (TPSA) is 67.6 Å². The summed E-state index contributed by atoms with van der Waals surface area (Å²) in [6.45, 7) is 3.01. The highest BCUT2D eigenvalue weighted by Crippen LogP contribution is 2.29. The van der Waals surface area contributed by atoms with Crippen molar-refractivity contribution >= 4 is 42.1 Å². The Bertz CT molecular complexity index is 792. The molecule has 0 radical (unpaired) electrons. The summed E-state index contributed by atoms with van der Waals surface area (Å²) in [5.74, 6) is -0.123. The van der Waals surface area contributed by atoms with Gasteiger partial charge in [-0.2, -0.15) is 0 Å². The number of carbonyl (C=O) groups is 1. The van der Waals surface area contributed by atoms with Crippen LogP contribution in [0, 0.1) is 0 Å². The van der Waals surface area contributed by atoms with Crippen LogP contribution in [-0.2, 0) is 22.5 Å². The van der Waals surface area contributed by atoms with E-state index in [1.807, 2.05) is 12.1 Å². The Labute approximate surface area is 178 Å². The Balaban J connectivity index is 0.00000140. The van der Waals surface area contributed by atoms with E-state index >= 15 is 0 Å². The largest absolute Gasteiger partial charge is 0.381 e. The molecule has 5 nitrogen and oxygen atoms in total. The molecule has 0 aromatic heterocycles. The second-order valence-electron chi connectivity index (χ2n) is 7.22. The molecular weight excluding hydrogens is 397 g/mol. The molecule has 1 amide bonds. The number of rotatable bonds is 4. The molecule has 2 aliphatic heterocycles. The number of carbonyl (C=O) groups excluding carboxylic acids is 1. The predicted octanol–water partition coefficient (Wildman–Crippen LogP) is 3.54. The molecule has 2 aromatic rings. The number of halogens is 2. The molecule has 0 unspecified atom stereocenters. The van der Waals surface area contributed by atoms with Crippen LogP contribution in [0.3, 0.4) is 0 Å². The fraction of sp³-hybridized carbons (Fsp3) is 0.381. The van der Waals surface area contributed by atoms with E-state index in [1.54, 1.807) is 0 Å². The molecule has 0 atom stereocenters. The van der Waals surface area contributed by atoms with Crippen LogP contribution in [0.25, 0.3) is 0 Å². The smallest absolute Gasteiger partial charge is 0.244 e. The molecule has 0 bridgehead atoms. The summed E-state index contributed by atoms with van der Waals surface area (Å²) in [4.78, 5) is 14.9. The molecule has 4 rings (SSSR count). The third-order valence-electron chi connectivity index (χ3n) is 5.41. The molecule has 1 saturated heterocycles. The molecule has 0 saturated carbocycles. The van der Waals surface area contributed by atoms with E-state index in [0.29, 0.717) is 26.1 Å². The van der Waals surface area contributed by atoms with Gasteiger partial charge in [0.15, 0.2) is 0 Å². The highest BCUT2D eigenvalue weighted by molar-refractivity contribution is 5.98. The van der Waals surface area contributed by atoms with Crippen molar-refractivity contribution < 1.29 is 9.53 Å². The summed E-state index contributed by atoms with van der Waals surface area (Å²) >= 11 is 0. The van der Waals surface area contributed by atoms with Gasteiger partial charge in [0.05, 0.1) is 0 Å². The Morgan fingerprint density at radius 3 is 2.46 bits per heavy atom. The van der Waals surface area contributed by atoms with E-state index < -0.39 is 5.54 Å². The van der Waals surface area contributed by atoms with Crippen molar-refractivity contribution in [3.63, 3.8) is 0 Å². The molecule has 2 aliphatic rings. The van der Waals surface area contributed by atoms with Crippen LogP contribution in [0.4, 0.5) is 11.4 Å². The van der Waals surface area contributed by atoms with Gasteiger partial charge in [0, 0.05) is 37.7 Å². The van der Waals surface area contributed by atoms with E-state index in [1.165, 1.54) is 16.8 Å². The molecular formula is C21H27Cl2N3O2. The van der Waals surface area contributed by atoms with Crippen LogP contribution in [-0.4, -0.2) is 31.2 Å². The lowest BCUT2D eigenvalue weighted by molar-refractivity contribution is -0.124. The molecule has 3 N–H and O–H groups in total. The first-order chi connectivity index (χ1) is 12.6. The van der Waals surface area contributed by atoms with Crippen LogP contribution in [0.1, 0.15) is 24.0 Å². The summed E-state index contributed by atoms with van der Waals surface area (Å²) < 4.78 is 5.30. The first-order valence-electron chi connectivity index (χ1n) is 9.24. The summed E-state index contributed by atoms with van der Waals surface area (Å²) in [5, 5.41) is 2.96. The van der Waals surface area contributed by atoms with Gasteiger partial charge in [0.2, 0.25) is 5.91 Å². The van der Waals surface area contributed by atoms with Crippen LogP contribution in [0.5, 0.6) is 0 Å². The lowest BCUT2D eigenvalue weighted by Gasteiger charge is -2.31. The number of amides is 1. The summed E-state index contributed by atoms with van der Waals surface area (Å²) in [7, 11) is 0. The monoisotopic (exact) mass is 423 g/mol. The van der Waals surface area contributed by atoms with Gasteiger partial charge >= 0.3 is 0 Å². The van der Waals surface area contributed by atoms with Crippen LogP contribution in [0.15, 0.2) is 48.5 Å². The third-order valence-corrected chi connectivity index (χ3v) is 5.41. The normalized spacial score (nSPS) is 17.1. The van der Waals surface area contributed by atoms with Crippen molar-refractivity contribution in [3.8, 4) is 0 Å². The zero-order valence-electron chi connectivity index (χ0n) is 15.7. The van der Waals surface area contributed by atoms with E-state index in [4.69, 9.17) is 10.5 Å². The Morgan fingerprint density at radius 2 is 1.75 bits per heavy atom. The van der Waals surface area contributed by atoms with Gasteiger partial charge in [0.25, 0.3) is 0 Å². The van der Waals surface area contributed by atoms with Crippen molar-refractivity contribution in [2.24, 2.45) is 5.73 Å². The van der Waals surface area contributed by atoms with Gasteiger partial charge < -0.3 is 20.7 Å². The highest BCUT2D eigenvalue weighted by atomic mass is 35.5. The van der Waals surface area contributed by atoms with Gasteiger partial charge in [-0.05, 0) is 48.6 Å². The van der Waals surface area contributed by atoms with Gasteiger partial charge in [-0.3, -0.25) is 4.79 Å². The fourth-order valence-electron chi connectivity index (χ4n) is 3.70. The third kappa shape index (κ3) is 4.78. The van der Waals surface area contributed by atoms with Gasteiger partial charge in [0.1, 0.15) is 5.54 Å². The number of nitrogens with two attached hydrogens (primary N) is 1. The molecule has 28 heavy (non-hydrogen) atoms. The summed E-state index contributed by atoms with van der Waals surface area (Å²) in [6.07, 6.45) is 2.23. The molecule has 2 aromatic carbocycles. The van der Waals surface area contributed by atoms with Crippen LogP contribution < -0.4 is 16.0 Å². The van der Waals surface area contributed by atoms with Crippen molar-refractivity contribution in [2.45, 2.75) is 31.3 Å². The Kier molecular flexibility index (Phi) is 7.72. The van der Waals surface area contributed by atoms with Crippen LogP contribution in [0.2, 0.25) is 0 Å². The minimum Gasteiger partial charge on any atom is -0.381 e. The first kappa shape index (κ1) is 22.5. The average Bonchev–Trinajstić information content (AvgIpc) is 3.07. The van der Waals surface area contributed by atoms with E-state index in [-0.39, 0.29) is 30.7 Å². The summed E-state index contributed by atoms with van der Waals surface area (Å²) in [5.41, 5.74) is 10.2. The summed E-state index contributed by atoms with van der Waals surface area (Å²) in [6, 6.07) is 16.6. The van der Waals surface area contributed by atoms with Gasteiger partial charge in [-0.15, -0.1) is 24.8 Å². The zero-order chi connectivity index (χ0) is 18.0. The van der Waals surface area contributed by atoms with Crippen molar-refractivity contribution in [1.29, 1.82) is 0 Å². The molecule has 2 heterocycles. The lowest BCUT2D eigenvalue weighted by atomic mass is 9.90. The lowest BCUT2D eigenvalue weighted by Crippen LogP contribution is -2.54. The van der Waals surface area contributed by atoms with Crippen molar-refractivity contribution in [2.75, 3.05) is 30.0 Å². The van der Waals surface area contributed by atoms with E-state index in [2.05, 4.69) is 46.6 Å². The van der Waals surface area contributed by atoms with E-state index in [0.717, 1.165) is 25.2 Å². The number of para-hydroxylation sites is 1. The minimum atomic E-state index is -0.823.